The van der Waals surface area contributed by atoms with Crippen molar-refractivity contribution in [2.75, 3.05) is 18.1 Å². The largest absolute Gasteiger partial charge is 0.309 e. The summed E-state index contributed by atoms with van der Waals surface area (Å²) in [6.07, 6.45) is 1.04. The predicted octanol–water partition coefficient (Wildman–Crippen LogP) is 3.26. The van der Waals surface area contributed by atoms with Crippen LogP contribution in [0.2, 0.25) is 0 Å². The molecule has 96 valence electrons. The van der Waals surface area contributed by atoms with Crippen molar-refractivity contribution in [1.29, 1.82) is 0 Å². The van der Waals surface area contributed by atoms with E-state index in [4.69, 9.17) is 0 Å². The maximum atomic E-state index is 11.3. The maximum Gasteiger partial charge on any atom is 0.0360 e. The average Bonchev–Trinajstić information content (AvgIpc) is 2.34. The molecule has 1 rings (SSSR count). The molecule has 0 heterocycles. The van der Waals surface area contributed by atoms with Crippen LogP contribution in [-0.2, 0) is 10.8 Å². The first-order valence-electron chi connectivity index (χ1n) is 6.01. The van der Waals surface area contributed by atoms with Gasteiger partial charge in [0.2, 0.25) is 0 Å². The highest BCUT2D eigenvalue weighted by Crippen LogP contribution is 2.20. The molecule has 0 aromatic heterocycles. The van der Waals surface area contributed by atoms with E-state index in [9.17, 15) is 4.21 Å². The number of hydrogen-bond acceptors (Lipinski definition) is 2. The van der Waals surface area contributed by atoms with E-state index in [1.54, 1.807) is 0 Å². The van der Waals surface area contributed by atoms with Gasteiger partial charge in [0.25, 0.3) is 0 Å². The molecule has 0 saturated carbocycles. The highest BCUT2D eigenvalue weighted by Gasteiger charge is 2.08. The summed E-state index contributed by atoms with van der Waals surface area (Å²) in [5.74, 6) is 1.48. The molecular weight excluding hydrogens is 298 g/mol. The lowest BCUT2D eigenvalue weighted by atomic mass is 10.1. The van der Waals surface area contributed by atoms with Gasteiger partial charge in [-0.1, -0.05) is 41.9 Å². The zero-order chi connectivity index (χ0) is 12.7. The summed E-state index contributed by atoms with van der Waals surface area (Å²) < 4.78 is 12.4. The molecule has 4 heteroatoms. The molecule has 0 spiro atoms. The Kier molecular flexibility index (Phi) is 7.00. The Bertz CT molecular complexity index is 370. The minimum atomic E-state index is -0.678. The Labute approximate surface area is 115 Å². The molecule has 0 bridgehead atoms. The van der Waals surface area contributed by atoms with Crippen LogP contribution >= 0.6 is 15.9 Å². The molecule has 2 nitrogen and oxygen atoms in total. The number of benzene rings is 1. The molecule has 1 N–H and O–H groups in total. The van der Waals surface area contributed by atoms with E-state index in [1.807, 2.05) is 19.1 Å². The predicted molar refractivity (Wildman–Crippen MR) is 78.7 cm³/mol. The SMILES string of the molecule is CCC(NCCS(=O)CC)c1cccc(Br)c1. The average molecular weight is 318 g/mol. The summed E-state index contributed by atoms with van der Waals surface area (Å²) in [7, 11) is -0.678. The summed E-state index contributed by atoms with van der Waals surface area (Å²) in [5.41, 5.74) is 1.28. The van der Waals surface area contributed by atoms with Gasteiger partial charge in [-0.05, 0) is 24.1 Å². The quantitative estimate of drug-likeness (QED) is 0.836. The fraction of sp³-hybridized carbons (Fsp3) is 0.538. The molecule has 2 atom stereocenters. The van der Waals surface area contributed by atoms with Crippen LogP contribution in [0.1, 0.15) is 31.9 Å². The lowest BCUT2D eigenvalue weighted by molar-refractivity contribution is 0.537. The molecule has 2 unspecified atom stereocenters. The van der Waals surface area contributed by atoms with E-state index in [2.05, 4.69) is 40.3 Å². The van der Waals surface area contributed by atoms with Crippen LogP contribution in [-0.4, -0.2) is 22.3 Å². The number of nitrogens with one attached hydrogen (secondary N) is 1. The Balaban J connectivity index is 2.51. The van der Waals surface area contributed by atoms with Crippen molar-refractivity contribution < 1.29 is 4.21 Å². The normalized spacial score (nSPS) is 14.5. The first-order valence-corrected chi connectivity index (χ1v) is 8.29. The zero-order valence-electron chi connectivity index (χ0n) is 10.4. The maximum absolute atomic E-state index is 11.3. The number of rotatable bonds is 7. The first-order chi connectivity index (χ1) is 8.17. The topological polar surface area (TPSA) is 29.1 Å². The molecule has 0 aliphatic heterocycles. The molecule has 0 amide bonds. The van der Waals surface area contributed by atoms with Crippen molar-refractivity contribution in [3.05, 3.63) is 34.3 Å². The monoisotopic (exact) mass is 317 g/mol. The Morgan fingerprint density at radius 3 is 2.76 bits per heavy atom. The molecule has 1 aromatic rings. The first kappa shape index (κ1) is 14.9. The third-order valence-corrected chi connectivity index (χ3v) is 4.50. The highest BCUT2D eigenvalue weighted by atomic mass is 79.9. The van der Waals surface area contributed by atoms with Crippen LogP contribution in [0.3, 0.4) is 0 Å². The zero-order valence-corrected chi connectivity index (χ0v) is 12.8. The van der Waals surface area contributed by atoms with Crippen molar-refractivity contribution in [3.8, 4) is 0 Å². The van der Waals surface area contributed by atoms with Gasteiger partial charge in [0.15, 0.2) is 0 Å². The minimum Gasteiger partial charge on any atom is -0.309 e. The van der Waals surface area contributed by atoms with Crippen molar-refractivity contribution in [2.45, 2.75) is 26.3 Å². The standard InChI is InChI=1S/C13H20BrNOS/c1-3-13(15-8-9-17(16)4-2)11-6-5-7-12(14)10-11/h5-7,10,13,15H,3-4,8-9H2,1-2H3. The fourth-order valence-electron chi connectivity index (χ4n) is 1.71. The summed E-state index contributed by atoms with van der Waals surface area (Å²) in [6, 6.07) is 8.69. The van der Waals surface area contributed by atoms with Crippen molar-refractivity contribution in [3.63, 3.8) is 0 Å². The molecule has 0 aliphatic carbocycles. The minimum absolute atomic E-state index is 0.348. The molecule has 1 aromatic carbocycles. The molecule has 0 saturated heterocycles. The lowest BCUT2D eigenvalue weighted by Crippen LogP contribution is -2.25. The van der Waals surface area contributed by atoms with Crippen LogP contribution in [0.4, 0.5) is 0 Å². The molecule has 0 fully saturated rings. The van der Waals surface area contributed by atoms with Crippen molar-refractivity contribution >= 4 is 26.7 Å². The van der Waals surface area contributed by atoms with Gasteiger partial charge >= 0.3 is 0 Å². The van der Waals surface area contributed by atoms with Crippen molar-refractivity contribution in [1.82, 2.24) is 5.32 Å². The van der Waals surface area contributed by atoms with E-state index < -0.39 is 10.8 Å². The fourth-order valence-corrected chi connectivity index (χ4v) is 2.76. The molecule has 17 heavy (non-hydrogen) atoms. The highest BCUT2D eigenvalue weighted by molar-refractivity contribution is 9.10. The molecular formula is C13H20BrNOS. The van der Waals surface area contributed by atoms with Gasteiger partial charge in [0.1, 0.15) is 0 Å². The Hall–Kier alpha value is -0.190. The van der Waals surface area contributed by atoms with Gasteiger partial charge in [-0.25, -0.2) is 0 Å². The smallest absolute Gasteiger partial charge is 0.0360 e. The third-order valence-electron chi connectivity index (χ3n) is 2.70. The van der Waals surface area contributed by atoms with Gasteiger partial charge in [-0.2, -0.15) is 0 Å². The second-order valence-electron chi connectivity index (χ2n) is 3.90. The van der Waals surface area contributed by atoms with E-state index in [-0.39, 0.29) is 0 Å². The second-order valence-corrected chi connectivity index (χ2v) is 6.68. The molecule has 0 aliphatic rings. The van der Waals surface area contributed by atoms with E-state index in [0.29, 0.717) is 6.04 Å². The van der Waals surface area contributed by atoms with Crippen LogP contribution in [0.15, 0.2) is 28.7 Å². The van der Waals surface area contributed by atoms with Crippen LogP contribution in [0.5, 0.6) is 0 Å². The Morgan fingerprint density at radius 1 is 1.41 bits per heavy atom. The van der Waals surface area contributed by atoms with Crippen LogP contribution < -0.4 is 5.32 Å². The number of hydrogen-bond donors (Lipinski definition) is 1. The van der Waals surface area contributed by atoms with Gasteiger partial charge < -0.3 is 5.32 Å². The van der Waals surface area contributed by atoms with Crippen LogP contribution in [0.25, 0.3) is 0 Å². The third kappa shape index (κ3) is 5.32. The van der Waals surface area contributed by atoms with E-state index >= 15 is 0 Å². The van der Waals surface area contributed by atoms with Gasteiger partial charge in [0, 0.05) is 39.4 Å². The van der Waals surface area contributed by atoms with Crippen molar-refractivity contribution in [2.24, 2.45) is 0 Å². The summed E-state index contributed by atoms with van der Waals surface area (Å²) in [6.45, 7) is 4.93. The molecule has 0 radical (unpaired) electrons. The summed E-state index contributed by atoms with van der Waals surface area (Å²) in [4.78, 5) is 0. The Morgan fingerprint density at radius 2 is 2.18 bits per heavy atom. The number of halogens is 1. The van der Waals surface area contributed by atoms with Gasteiger partial charge in [-0.15, -0.1) is 0 Å². The lowest BCUT2D eigenvalue weighted by Gasteiger charge is -2.17. The van der Waals surface area contributed by atoms with Crippen LogP contribution in [0, 0.1) is 0 Å². The van der Waals surface area contributed by atoms with Gasteiger partial charge in [-0.3, -0.25) is 4.21 Å². The summed E-state index contributed by atoms with van der Waals surface area (Å²) >= 11 is 3.49. The second kappa shape index (κ2) is 8.01. The van der Waals surface area contributed by atoms with E-state index in [1.165, 1.54) is 5.56 Å². The summed E-state index contributed by atoms with van der Waals surface area (Å²) in [5, 5.41) is 3.46. The van der Waals surface area contributed by atoms with E-state index in [0.717, 1.165) is 28.9 Å². The van der Waals surface area contributed by atoms with Gasteiger partial charge in [0.05, 0.1) is 0 Å².